The zero-order valence-electron chi connectivity index (χ0n) is 11.3. The van der Waals surface area contributed by atoms with Crippen molar-refractivity contribution in [1.82, 2.24) is 4.98 Å². The van der Waals surface area contributed by atoms with Crippen molar-refractivity contribution in [2.24, 2.45) is 5.73 Å². The Labute approximate surface area is 109 Å². The third-order valence-electron chi connectivity index (χ3n) is 3.16. The van der Waals surface area contributed by atoms with Gasteiger partial charge in [-0.3, -0.25) is 0 Å². The first kappa shape index (κ1) is 13.3. The molecule has 1 aliphatic heterocycles. The Bertz CT molecular complexity index is 381. The van der Waals surface area contributed by atoms with E-state index in [1.54, 1.807) is 0 Å². The highest BCUT2D eigenvalue weighted by Gasteiger charge is 2.18. The summed E-state index contributed by atoms with van der Waals surface area (Å²) in [5.74, 6) is 1.08. The second-order valence-corrected chi connectivity index (χ2v) is 5.15. The minimum absolute atomic E-state index is 0.161. The van der Waals surface area contributed by atoms with Crippen molar-refractivity contribution in [3.05, 3.63) is 23.9 Å². The lowest BCUT2D eigenvalue weighted by Crippen LogP contribution is -2.32. The maximum atomic E-state index is 5.91. The van der Waals surface area contributed by atoms with E-state index in [1.807, 2.05) is 19.2 Å². The number of nitrogens with two attached hydrogens (primary N) is 1. The van der Waals surface area contributed by atoms with Gasteiger partial charge >= 0.3 is 0 Å². The number of nitrogens with zero attached hydrogens (tertiary/aromatic N) is 2. The van der Waals surface area contributed by atoms with Gasteiger partial charge in [-0.2, -0.15) is 0 Å². The quantitative estimate of drug-likeness (QED) is 0.884. The molecular weight excluding hydrogens is 226 g/mol. The van der Waals surface area contributed by atoms with Crippen LogP contribution in [0.5, 0.6) is 0 Å². The van der Waals surface area contributed by atoms with Crippen LogP contribution in [0.3, 0.4) is 0 Å². The minimum Gasteiger partial charge on any atom is -0.377 e. The average Bonchev–Trinajstić information content (AvgIpc) is 2.54. The Morgan fingerprint density at radius 2 is 2.44 bits per heavy atom. The normalized spacial score (nSPS) is 22.6. The van der Waals surface area contributed by atoms with E-state index >= 15 is 0 Å². The first-order valence-corrected chi connectivity index (χ1v) is 6.73. The number of anilines is 1. The molecule has 2 heterocycles. The van der Waals surface area contributed by atoms with Gasteiger partial charge in [-0.1, -0.05) is 6.07 Å². The van der Waals surface area contributed by atoms with Crippen molar-refractivity contribution in [3.63, 3.8) is 0 Å². The molecule has 18 heavy (non-hydrogen) atoms. The predicted molar refractivity (Wildman–Crippen MR) is 73.8 cm³/mol. The molecule has 4 heteroatoms. The van der Waals surface area contributed by atoms with Crippen molar-refractivity contribution in [1.29, 1.82) is 0 Å². The molecule has 1 saturated heterocycles. The van der Waals surface area contributed by atoms with E-state index in [2.05, 4.69) is 22.9 Å². The van der Waals surface area contributed by atoms with Gasteiger partial charge in [0.1, 0.15) is 5.82 Å². The average molecular weight is 249 g/mol. The zero-order valence-corrected chi connectivity index (χ0v) is 11.3. The molecule has 1 aromatic rings. The second-order valence-electron chi connectivity index (χ2n) is 5.15. The van der Waals surface area contributed by atoms with Crippen molar-refractivity contribution in [2.45, 2.75) is 38.8 Å². The molecule has 100 valence electrons. The lowest BCUT2D eigenvalue weighted by atomic mass is 10.1. The van der Waals surface area contributed by atoms with E-state index in [9.17, 15) is 0 Å². The Balaban J connectivity index is 2.20. The number of rotatable bonds is 3. The van der Waals surface area contributed by atoms with Crippen LogP contribution in [0.4, 0.5) is 5.82 Å². The standard InChI is InChI=1S/C14H23N3O/c1-11(15)9-13-5-3-6-16-14(13)17-7-4-8-18-12(2)10-17/h3,5-6,11-12H,4,7-10,15H2,1-2H3. The molecule has 1 aromatic heterocycles. The van der Waals surface area contributed by atoms with Crippen LogP contribution in [0.15, 0.2) is 18.3 Å². The monoisotopic (exact) mass is 249 g/mol. The van der Waals surface area contributed by atoms with Gasteiger partial charge in [0.05, 0.1) is 6.10 Å². The summed E-state index contributed by atoms with van der Waals surface area (Å²) in [7, 11) is 0. The van der Waals surface area contributed by atoms with Crippen LogP contribution in [0.25, 0.3) is 0 Å². The fourth-order valence-corrected chi connectivity index (χ4v) is 2.41. The van der Waals surface area contributed by atoms with Crippen molar-refractivity contribution >= 4 is 5.82 Å². The highest BCUT2D eigenvalue weighted by atomic mass is 16.5. The largest absolute Gasteiger partial charge is 0.377 e. The zero-order chi connectivity index (χ0) is 13.0. The first-order chi connectivity index (χ1) is 8.66. The van der Waals surface area contributed by atoms with Gasteiger partial charge in [0.2, 0.25) is 0 Å². The van der Waals surface area contributed by atoms with Crippen molar-refractivity contribution in [3.8, 4) is 0 Å². The molecule has 0 aromatic carbocycles. The van der Waals surface area contributed by atoms with Crippen LogP contribution in [0.1, 0.15) is 25.8 Å². The van der Waals surface area contributed by atoms with Crippen LogP contribution in [0, 0.1) is 0 Å². The van der Waals surface area contributed by atoms with E-state index in [0.717, 1.165) is 38.4 Å². The van der Waals surface area contributed by atoms with Gasteiger partial charge < -0.3 is 15.4 Å². The SMILES string of the molecule is CC(N)Cc1cccnc1N1CCCOC(C)C1. The molecule has 2 unspecified atom stereocenters. The maximum Gasteiger partial charge on any atom is 0.131 e. The second kappa shape index (κ2) is 6.16. The Kier molecular flexibility index (Phi) is 4.55. The minimum atomic E-state index is 0.161. The van der Waals surface area contributed by atoms with Gasteiger partial charge in [-0.25, -0.2) is 4.98 Å². The third kappa shape index (κ3) is 3.43. The lowest BCUT2D eigenvalue weighted by molar-refractivity contribution is 0.0820. The molecule has 0 amide bonds. The maximum absolute atomic E-state index is 5.91. The molecular formula is C14H23N3O. The van der Waals surface area contributed by atoms with Crippen molar-refractivity contribution < 1.29 is 4.74 Å². The Hall–Kier alpha value is -1.13. The summed E-state index contributed by atoms with van der Waals surface area (Å²) in [5, 5.41) is 0. The smallest absolute Gasteiger partial charge is 0.131 e. The summed E-state index contributed by atoms with van der Waals surface area (Å²) >= 11 is 0. The molecule has 4 nitrogen and oxygen atoms in total. The summed E-state index contributed by atoms with van der Waals surface area (Å²) in [4.78, 5) is 6.88. The highest BCUT2D eigenvalue weighted by molar-refractivity contribution is 5.47. The number of aromatic nitrogens is 1. The van der Waals surface area contributed by atoms with Gasteiger partial charge in [-0.05, 0) is 38.3 Å². The molecule has 0 bridgehead atoms. The van der Waals surface area contributed by atoms with Gasteiger partial charge in [0.25, 0.3) is 0 Å². The number of pyridine rings is 1. The molecule has 0 radical (unpaired) electrons. The number of hydrogen-bond acceptors (Lipinski definition) is 4. The van der Waals surface area contributed by atoms with Crippen LogP contribution in [0.2, 0.25) is 0 Å². The van der Waals surface area contributed by atoms with Crippen molar-refractivity contribution in [2.75, 3.05) is 24.6 Å². The first-order valence-electron chi connectivity index (χ1n) is 6.73. The van der Waals surface area contributed by atoms with Crippen LogP contribution in [-0.4, -0.2) is 36.8 Å². The summed E-state index contributed by atoms with van der Waals surface area (Å²) < 4.78 is 5.68. The van der Waals surface area contributed by atoms with E-state index in [0.29, 0.717) is 0 Å². The van der Waals surface area contributed by atoms with Gasteiger partial charge in [0, 0.05) is 31.9 Å². The third-order valence-corrected chi connectivity index (χ3v) is 3.16. The van der Waals surface area contributed by atoms with E-state index in [4.69, 9.17) is 10.5 Å². The molecule has 0 spiro atoms. The molecule has 1 aliphatic rings. The Morgan fingerprint density at radius 3 is 3.22 bits per heavy atom. The fraction of sp³-hybridized carbons (Fsp3) is 0.643. The van der Waals surface area contributed by atoms with Crippen LogP contribution in [-0.2, 0) is 11.2 Å². The number of hydrogen-bond donors (Lipinski definition) is 1. The lowest BCUT2D eigenvalue weighted by Gasteiger charge is -2.25. The predicted octanol–water partition coefficient (Wildman–Crippen LogP) is 1.59. The van der Waals surface area contributed by atoms with E-state index in [-0.39, 0.29) is 12.1 Å². The Morgan fingerprint density at radius 1 is 1.61 bits per heavy atom. The van der Waals surface area contributed by atoms with E-state index < -0.39 is 0 Å². The summed E-state index contributed by atoms with van der Waals surface area (Å²) in [6.45, 7) is 6.90. The molecule has 2 N–H and O–H groups in total. The number of ether oxygens (including phenoxy) is 1. The summed E-state index contributed by atoms with van der Waals surface area (Å²) in [5.41, 5.74) is 7.15. The molecule has 2 rings (SSSR count). The van der Waals surface area contributed by atoms with E-state index in [1.165, 1.54) is 5.56 Å². The summed E-state index contributed by atoms with van der Waals surface area (Å²) in [6, 6.07) is 4.27. The van der Waals surface area contributed by atoms with Gasteiger partial charge in [0.15, 0.2) is 0 Å². The van der Waals surface area contributed by atoms with Crippen LogP contribution < -0.4 is 10.6 Å². The molecule has 2 atom stereocenters. The topological polar surface area (TPSA) is 51.4 Å². The molecule has 1 fully saturated rings. The molecule has 0 saturated carbocycles. The van der Waals surface area contributed by atoms with Gasteiger partial charge in [-0.15, -0.1) is 0 Å². The summed E-state index contributed by atoms with van der Waals surface area (Å²) in [6.07, 6.45) is 4.04. The van der Waals surface area contributed by atoms with Crippen LogP contribution >= 0.6 is 0 Å². The molecule has 0 aliphatic carbocycles. The highest BCUT2D eigenvalue weighted by Crippen LogP contribution is 2.21. The fourth-order valence-electron chi connectivity index (χ4n) is 2.41.